The molecular weight excluding hydrogens is 226 g/mol. The van der Waals surface area contributed by atoms with Crippen LogP contribution in [0, 0.1) is 6.92 Å². The van der Waals surface area contributed by atoms with E-state index in [1.54, 1.807) is 13.1 Å². The zero-order valence-corrected chi connectivity index (χ0v) is 9.41. The molecule has 0 spiro atoms. The molecule has 0 saturated carbocycles. The number of hydrogen-bond acceptors (Lipinski definition) is 6. The van der Waals surface area contributed by atoms with E-state index in [1.165, 1.54) is 4.57 Å². The van der Waals surface area contributed by atoms with Crippen molar-refractivity contribution in [3.8, 4) is 0 Å². The van der Waals surface area contributed by atoms with Crippen molar-refractivity contribution >= 4 is 5.82 Å². The molecule has 1 aromatic rings. The van der Waals surface area contributed by atoms with Crippen molar-refractivity contribution in [3.05, 3.63) is 22.2 Å². The van der Waals surface area contributed by atoms with Gasteiger partial charge in [-0.15, -0.1) is 0 Å². The predicted molar refractivity (Wildman–Crippen MR) is 59.3 cm³/mol. The van der Waals surface area contributed by atoms with Crippen LogP contribution in [0.4, 0.5) is 5.82 Å². The standard InChI is InChI=1S/C10H15N3O4/c1-5-3-13(10(16)12-9(5)11)8-2-6(15)7(4-14)17-8/h3,6-8,14-15H,2,4H2,1H3,(H2,11,12,16)/t6-,7-,8-/m0/s1. The Hall–Kier alpha value is -1.44. The normalized spacial score (nSPS) is 28.5. The van der Waals surface area contributed by atoms with E-state index in [0.29, 0.717) is 5.56 Å². The van der Waals surface area contributed by atoms with Crippen molar-refractivity contribution in [3.63, 3.8) is 0 Å². The summed E-state index contributed by atoms with van der Waals surface area (Å²) < 4.78 is 6.65. The number of aryl methyl sites for hydroxylation is 1. The number of aromatic nitrogens is 2. The zero-order chi connectivity index (χ0) is 12.6. The number of hydrogen-bond donors (Lipinski definition) is 3. The molecule has 1 fully saturated rings. The molecule has 94 valence electrons. The van der Waals surface area contributed by atoms with Crippen LogP contribution in [0.25, 0.3) is 0 Å². The first-order chi connectivity index (χ1) is 8.02. The smallest absolute Gasteiger partial charge is 0.351 e. The lowest BCUT2D eigenvalue weighted by Gasteiger charge is -2.15. The van der Waals surface area contributed by atoms with Crippen molar-refractivity contribution in [1.82, 2.24) is 9.55 Å². The van der Waals surface area contributed by atoms with E-state index in [2.05, 4.69) is 4.98 Å². The molecule has 0 unspecified atom stereocenters. The molecule has 17 heavy (non-hydrogen) atoms. The fourth-order valence-electron chi connectivity index (χ4n) is 1.84. The van der Waals surface area contributed by atoms with Gasteiger partial charge in [-0.25, -0.2) is 4.79 Å². The first kappa shape index (κ1) is 12.0. The van der Waals surface area contributed by atoms with Gasteiger partial charge in [0.15, 0.2) is 0 Å². The molecule has 3 atom stereocenters. The highest BCUT2D eigenvalue weighted by Gasteiger charge is 2.35. The van der Waals surface area contributed by atoms with E-state index in [9.17, 15) is 9.90 Å². The summed E-state index contributed by atoms with van der Waals surface area (Å²) in [5.41, 5.74) is 5.65. The average molecular weight is 241 g/mol. The first-order valence-electron chi connectivity index (χ1n) is 5.32. The molecule has 0 aromatic carbocycles. The molecule has 2 rings (SSSR count). The molecule has 7 heteroatoms. The van der Waals surface area contributed by atoms with E-state index in [1.807, 2.05) is 0 Å². The number of nitrogen functional groups attached to an aromatic ring is 1. The Labute approximate surface area is 97.5 Å². The second-order valence-electron chi connectivity index (χ2n) is 4.11. The summed E-state index contributed by atoms with van der Waals surface area (Å²) in [4.78, 5) is 15.3. The maximum absolute atomic E-state index is 11.6. The molecule has 1 aromatic heterocycles. The Bertz CT molecular complexity index is 473. The highest BCUT2D eigenvalue weighted by Crippen LogP contribution is 2.27. The topological polar surface area (TPSA) is 111 Å². The van der Waals surface area contributed by atoms with Crippen LogP contribution in [0.1, 0.15) is 18.2 Å². The predicted octanol–water partition coefficient (Wildman–Crippen LogP) is -1.23. The Balaban J connectivity index is 2.30. The Morgan fingerprint density at radius 3 is 3.00 bits per heavy atom. The summed E-state index contributed by atoms with van der Waals surface area (Å²) in [7, 11) is 0. The average Bonchev–Trinajstić information content (AvgIpc) is 2.65. The van der Waals surface area contributed by atoms with Gasteiger partial charge in [0.25, 0.3) is 0 Å². The fourth-order valence-corrected chi connectivity index (χ4v) is 1.84. The van der Waals surface area contributed by atoms with Gasteiger partial charge in [0.2, 0.25) is 0 Å². The lowest BCUT2D eigenvalue weighted by atomic mass is 10.2. The van der Waals surface area contributed by atoms with Gasteiger partial charge in [-0.3, -0.25) is 4.57 Å². The number of anilines is 1. The Kier molecular flexibility index (Phi) is 3.14. The lowest BCUT2D eigenvalue weighted by molar-refractivity contribution is -0.0459. The summed E-state index contributed by atoms with van der Waals surface area (Å²) in [6, 6.07) is 0. The maximum Gasteiger partial charge on any atom is 0.351 e. The second kappa shape index (κ2) is 4.44. The van der Waals surface area contributed by atoms with E-state index < -0.39 is 24.1 Å². The Morgan fingerprint density at radius 1 is 1.71 bits per heavy atom. The number of aliphatic hydroxyl groups excluding tert-OH is 2. The SMILES string of the molecule is Cc1cn([C@@H]2C[C@H](O)[C@H](CO)O2)c(=O)nc1N. The van der Waals surface area contributed by atoms with E-state index in [-0.39, 0.29) is 18.8 Å². The van der Waals surface area contributed by atoms with Gasteiger partial charge in [0, 0.05) is 18.2 Å². The highest BCUT2D eigenvalue weighted by molar-refractivity contribution is 5.35. The summed E-state index contributed by atoms with van der Waals surface area (Å²) in [5.74, 6) is 0.184. The monoisotopic (exact) mass is 241 g/mol. The molecule has 2 heterocycles. The van der Waals surface area contributed by atoms with Crippen LogP contribution in [0.3, 0.4) is 0 Å². The number of aliphatic hydroxyl groups is 2. The second-order valence-corrected chi connectivity index (χ2v) is 4.11. The summed E-state index contributed by atoms with van der Waals surface area (Å²) >= 11 is 0. The quantitative estimate of drug-likeness (QED) is 0.598. The molecule has 1 aliphatic rings. The third-order valence-electron chi connectivity index (χ3n) is 2.87. The molecular formula is C10H15N3O4. The van der Waals surface area contributed by atoms with Gasteiger partial charge in [-0.2, -0.15) is 4.98 Å². The minimum Gasteiger partial charge on any atom is -0.394 e. The minimum absolute atomic E-state index is 0.184. The van der Waals surface area contributed by atoms with Crippen molar-refractivity contribution in [2.75, 3.05) is 12.3 Å². The van der Waals surface area contributed by atoms with Crippen LogP contribution in [0.5, 0.6) is 0 Å². The lowest BCUT2D eigenvalue weighted by Crippen LogP contribution is -2.28. The Morgan fingerprint density at radius 2 is 2.41 bits per heavy atom. The van der Waals surface area contributed by atoms with Crippen molar-refractivity contribution in [2.45, 2.75) is 31.8 Å². The van der Waals surface area contributed by atoms with Gasteiger partial charge in [-0.05, 0) is 6.92 Å². The molecule has 4 N–H and O–H groups in total. The van der Waals surface area contributed by atoms with Crippen LogP contribution in [0.15, 0.2) is 11.0 Å². The van der Waals surface area contributed by atoms with Gasteiger partial charge >= 0.3 is 5.69 Å². The molecule has 1 aliphatic heterocycles. The van der Waals surface area contributed by atoms with E-state index in [0.717, 1.165) is 0 Å². The third kappa shape index (κ3) is 2.17. The molecule has 0 radical (unpaired) electrons. The van der Waals surface area contributed by atoms with Crippen molar-refractivity contribution in [2.24, 2.45) is 0 Å². The fraction of sp³-hybridized carbons (Fsp3) is 0.600. The third-order valence-corrected chi connectivity index (χ3v) is 2.87. The number of rotatable bonds is 2. The van der Waals surface area contributed by atoms with Crippen LogP contribution >= 0.6 is 0 Å². The van der Waals surface area contributed by atoms with Gasteiger partial charge < -0.3 is 20.7 Å². The van der Waals surface area contributed by atoms with Crippen LogP contribution in [0.2, 0.25) is 0 Å². The summed E-state index contributed by atoms with van der Waals surface area (Å²) in [6.45, 7) is 1.45. The largest absolute Gasteiger partial charge is 0.394 e. The first-order valence-corrected chi connectivity index (χ1v) is 5.32. The molecule has 7 nitrogen and oxygen atoms in total. The highest BCUT2D eigenvalue weighted by atomic mass is 16.5. The maximum atomic E-state index is 11.6. The minimum atomic E-state index is -0.783. The van der Waals surface area contributed by atoms with Crippen LogP contribution in [-0.2, 0) is 4.74 Å². The van der Waals surface area contributed by atoms with Gasteiger partial charge in [0.1, 0.15) is 18.1 Å². The van der Waals surface area contributed by atoms with Crippen molar-refractivity contribution in [1.29, 1.82) is 0 Å². The van der Waals surface area contributed by atoms with E-state index >= 15 is 0 Å². The summed E-state index contributed by atoms with van der Waals surface area (Å²) in [6.07, 6.45) is -0.265. The van der Waals surface area contributed by atoms with Gasteiger partial charge in [-0.1, -0.05) is 0 Å². The van der Waals surface area contributed by atoms with E-state index in [4.69, 9.17) is 15.6 Å². The summed E-state index contributed by atoms with van der Waals surface area (Å²) in [5, 5.41) is 18.6. The van der Waals surface area contributed by atoms with Crippen LogP contribution < -0.4 is 11.4 Å². The molecule has 0 amide bonds. The number of nitrogens with zero attached hydrogens (tertiary/aromatic N) is 2. The number of ether oxygens (including phenoxy) is 1. The van der Waals surface area contributed by atoms with Crippen LogP contribution in [-0.4, -0.2) is 38.6 Å². The molecule has 1 saturated heterocycles. The number of nitrogens with two attached hydrogens (primary N) is 1. The zero-order valence-electron chi connectivity index (χ0n) is 9.41. The van der Waals surface area contributed by atoms with Crippen molar-refractivity contribution < 1.29 is 14.9 Å². The molecule has 0 bridgehead atoms. The van der Waals surface area contributed by atoms with Gasteiger partial charge in [0.05, 0.1) is 12.7 Å². The molecule has 0 aliphatic carbocycles.